The van der Waals surface area contributed by atoms with Gasteiger partial charge in [0.2, 0.25) is 5.91 Å². The number of hydrogen-bond donors (Lipinski definition) is 3. The standard InChI is InChI=1S/C11H16N4O2.ClH/c1-7(2)14-10(16)6-13-11(17)8-4-3-5-9(12)15-8;/h3-5,7H,6H2,1-2H3,(H2,12,15)(H,13,17)(H,14,16);1H. The first-order chi connectivity index (χ1) is 7.99. The molecule has 0 aliphatic carbocycles. The van der Waals surface area contributed by atoms with E-state index in [4.69, 9.17) is 5.73 Å². The van der Waals surface area contributed by atoms with Gasteiger partial charge in [-0.2, -0.15) is 0 Å². The summed E-state index contributed by atoms with van der Waals surface area (Å²) < 4.78 is 0. The zero-order valence-corrected chi connectivity index (χ0v) is 11.1. The SMILES string of the molecule is CC(C)NC(=O)CNC(=O)c1cccc(N)n1.Cl. The summed E-state index contributed by atoms with van der Waals surface area (Å²) in [6.45, 7) is 3.62. The van der Waals surface area contributed by atoms with Crippen LogP contribution in [0.15, 0.2) is 18.2 Å². The Morgan fingerprint density at radius 1 is 1.39 bits per heavy atom. The molecule has 0 unspecified atom stereocenters. The van der Waals surface area contributed by atoms with Crippen molar-refractivity contribution < 1.29 is 9.59 Å². The van der Waals surface area contributed by atoms with Crippen LogP contribution in [0.1, 0.15) is 24.3 Å². The molecule has 0 aromatic carbocycles. The van der Waals surface area contributed by atoms with Crippen LogP contribution in [0.3, 0.4) is 0 Å². The van der Waals surface area contributed by atoms with Gasteiger partial charge in [-0.15, -0.1) is 12.4 Å². The second-order valence-corrected chi connectivity index (χ2v) is 3.85. The van der Waals surface area contributed by atoms with Crippen LogP contribution in [-0.4, -0.2) is 29.4 Å². The van der Waals surface area contributed by atoms with Gasteiger partial charge in [-0.05, 0) is 26.0 Å². The third-order valence-corrected chi connectivity index (χ3v) is 1.86. The predicted molar refractivity (Wildman–Crippen MR) is 71.5 cm³/mol. The lowest BCUT2D eigenvalue weighted by atomic mass is 10.3. The highest BCUT2D eigenvalue weighted by atomic mass is 35.5. The normalized spacial score (nSPS) is 9.50. The number of carbonyl (C=O) groups excluding carboxylic acids is 2. The van der Waals surface area contributed by atoms with Gasteiger partial charge in [0.1, 0.15) is 11.5 Å². The minimum atomic E-state index is -0.420. The summed E-state index contributed by atoms with van der Waals surface area (Å²) in [4.78, 5) is 26.7. The van der Waals surface area contributed by atoms with Crippen molar-refractivity contribution in [3.63, 3.8) is 0 Å². The van der Waals surface area contributed by atoms with E-state index < -0.39 is 5.91 Å². The fourth-order valence-electron chi connectivity index (χ4n) is 1.20. The Hall–Kier alpha value is -1.82. The number of hydrogen-bond acceptors (Lipinski definition) is 4. The molecule has 1 aromatic rings. The zero-order valence-electron chi connectivity index (χ0n) is 10.3. The molecule has 0 saturated heterocycles. The third-order valence-electron chi connectivity index (χ3n) is 1.86. The average molecular weight is 273 g/mol. The van der Waals surface area contributed by atoms with Gasteiger partial charge < -0.3 is 16.4 Å². The molecular formula is C11H17ClN4O2. The summed E-state index contributed by atoms with van der Waals surface area (Å²) in [5.41, 5.74) is 5.64. The van der Waals surface area contributed by atoms with Crippen LogP contribution in [0, 0.1) is 0 Å². The lowest BCUT2D eigenvalue weighted by molar-refractivity contribution is -0.120. The maximum Gasteiger partial charge on any atom is 0.270 e. The van der Waals surface area contributed by atoms with Gasteiger partial charge in [-0.1, -0.05) is 6.07 Å². The second kappa shape index (κ2) is 7.50. The summed E-state index contributed by atoms with van der Waals surface area (Å²) in [6.07, 6.45) is 0. The zero-order chi connectivity index (χ0) is 12.8. The van der Waals surface area contributed by atoms with Crippen molar-refractivity contribution >= 4 is 30.0 Å². The Bertz CT molecular complexity index is 423. The van der Waals surface area contributed by atoms with Crippen molar-refractivity contribution in [2.75, 3.05) is 12.3 Å². The van der Waals surface area contributed by atoms with Crippen molar-refractivity contribution in [2.45, 2.75) is 19.9 Å². The fourth-order valence-corrected chi connectivity index (χ4v) is 1.20. The van der Waals surface area contributed by atoms with E-state index in [1.807, 2.05) is 13.8 Å². The quantitative estimate of drug-likeness (QED) is 0.736. The lowest BCUT2D eigenvalue weighted by Crippen LogP contribution is -2.40. The number of nitrogen functional groups attached to an aromatic ring is 1. The number of nitrogens with zero attached hydrogens (tertiary/aromatic N) is 1. The molecule has 0 bridgehead atoms. The number of halogens is 1. The van der Waals surface area contributed by atoms with Crippen molar-refractivity contribution in [1.29, 1.82) is 0 Å². The van der Waals surface area contributed by atoms with Gasteiger partial charge in [-0.25, -0.2) is 4.98 Å². The number of pyridine rings is 1. The van der Waals surface area contributed by atoms with Crippen LogP contribution in [0.25, 0.3) is 0 Å². The molecule has 0 aliphatic heterocycles. The number of nitrogens with two attached hydrogens (primary N) is 1. The molecule has 0 atom stereocenters. The molecule has 0 aliphatic rings. The van der Waals surface area contributed by atoms with Gasteiger partial charge >= 0.3 is 0 Å². The van der Waals surface area contributed by atoms with Crippen LogP contribution in [-0.2, 0) is 4.79 Å². The van der Waals surface area contributed by atoms with E-state index in [-0.39, 0.29) is 42.4 Å². The topological polar surface area (TPSA) is 97.1 Å². The summed E-state index contributed by atoms with van der Waals surface area (Å²) >= 11 is 0. The Labute approximate surface area is 112 Å². The molecule has 100 valence electrons. The molecule has 0 spiro atoms. The maximum atomic E-state index is 11.6. The third kappa shape index (κ3) is 5.49. The minimum absolute atomic E-state index is 0. The van der Waals surface area contributed by atoms with E-state index >= 15 is 0 Å². The molecule has 0 radical (unpaired) electrons. The van der Waals surface area contributed by atoms with Crippen LogP contribution in [0.2, 0.25) is 0 Å². The highest BCUT2D eigenvalue weighted by Crippen LogP contribution is 1.99. The van der Waals surface area contributed by atoms with Gasteiger partial charge in [0.25, 0.3) is 5.91 Å². The van der Waals surface area contributed by atoms with E-state index in [9.17, 15) is 9.59 Å². The van der Waals surface area contributed by atoms with Crippen molar-refractivity contribution in [2.24, 2.45) is 0 Å². The molecule has 6 nitrogen and oxygen atoms in total. The van der Waals surface area contributed by atoms with Gasteiger partial charge in [0.15, 0.2) is 0 Å². The molecule has 1 rings (SSSR count). The number of rotatable bonds is 4. The smallest absolute Gasteiger partial charge is 0.270 e. The Kier molecular flexibility index (Phi) is 6.74. The average Bonchev–Trinajstić information content (AvgIpc) is 2.25. The van der Waals surface area contributed by atoms with E-state index in [1.165, 1.54) is 6.07 Å². The highest BCUT2D eigenvalue weighted by Gasteiger charge is 2.09. The van der Waals surface area contributed by atoms with E-state index in [0.717, 1.165) is 0 Å². The van der Waals surface area contributed by atoms with Crippen molar-refractivity contribution in [3.8, 4) is 0 Å². The Morgan fingerprint density at radius 2 is 2.06 bits per heavy atom. The first kappa shape index (κ1) is 16.2. The summed E-state index contributed by atoms with van der Waals surface area (Å²) in [5.74, 6) is -0.391. The molecule has 0 saturated carbocycles. The molecule has 0 fully saturated rings. The first-order valence-corrected chi connectivity index (χ1v) is 5.29. The van der Waals surface area contributed by atoms with Crippen molar-refractivity contribution in [3.05, 3.63) is 23.9 Å². The van der Waals surface area contributed by atoms with Crippen LogP contribution < -0.4 is 16.4 Å². The van der Waals surface area contributed by atoms with Gasteiger partial charge in [0, 0.05) is 6.04 Å². The summed E-state index contributed by atoms with van der Waals surface area (Å²) in [5, 5.41) is 5.12. The largest absolute Gasteiger partial charge is 0.384 e. The molecule has 1 heterocycles. The van der Waals surface area contributed by atoms with E-state index in [2.05, 4.69) is 15.6 Å². The number of anilines is 1. The van der Waals surface area contributed by atoms with E-state index in [0.29, 0.717) is 0 Å². The maximum absolute atomic E-state index is 11.6. The van der Waals surface area contributed by atoms with Crippen LogP contribution in [0.5, 0.6) is 0 Å². The Balaban J connectivity index is 0.00000289. The molecule has 4 N–H and O–H groups in total. The Morgan fingerprint density at radius 3 is 2.61 bits per heavy atom. The number of amides is 2. The summed E-state index contributed by atoms with van der Waals surface area (Å²) in [6, 6.07) is 4.80. The summed E-state index contributed by atoms with van der Waals surface area (Å²) in [7, 11) is 0. The van der Waals surface area contributed by atoms with E-state index in [1.54, 1.807) is 12.1 Å². The number of carbonyl (C=O) groups is 2. The predicted octanol–water partition coefficient (Wildman–Crippen LogP) is 0.340. The molecule has 1 aromatic heterocycles. The monoisotopic (exact) mass is 272 g/mol. The molecule has 7 heteroatoms. The van der Waals surface area contributed by atoms with Crippen LogP contribution >= 0.6 is 12.4 Å². The molecular weight excluding hydrogens is 256 g/mol. The van der Waals surface area contributed by atoms with Gasteiger partial charge in [0.05, 0.1) is 6.54 Å². The number of nitrogens with one attached hydrogen (secondary N) is 2. The van der Waals surface area contributed by atoms with Crippen molar-refractivity contribution in [1.82, 2.24) is 15.6 Å². The molecule has 18 heavy (non-hydrogen) atoms. The lowest BCUT2D eigenvalue weighted by Gasteiger charge is -2.09. The second-order valence-electron chi connectivity index (χ2n) is 3.85. The fraction of sp³-hybridized carbons (Fsp3) is 0.364. The first-order valence-electron chi connectivity index (χ1n) is 5.29. The minimum Gasteiger partial charge on any atom is -0.384 e. The van der Waals surface area contributed by atoms with Crippen LogP contribution in [0.4, 0.5) is 5.82 Å². The highest BCUT2D eigenvalue weighted by molar-refractivity contribution is 5.95. The number of aromatic nitrogens is 1. The molecule has 2 amide bonds. The van der Waals surface area contributed by atoms with Gasteiger partial charge in [-0.3, -0.25) is 9.59 Å².